The van der Waals surface area contributed by atoms with Gasteiger partial charge in [-0.25, -0.2) is 8.42 Å². The molecular weight excluding hydrogens is 340 g/mol. The summed E-state index contributed by atoms with van der Waals surface area (Å²) >= 11 is 3.29. The molecule has 0 N–H and O–H groups in total. The fourth-order valence-corrected chi connectivity index (χ4v) is 5.18. The molecule has 110 valence electrons. The molecule has 3 nitrogen and oxygen atoms in total. The Balaban J connectivity index is 2.12. The summed E-state index contributed by atoms with van der Waals surface area (Å²) in [5, 5.41) is -0.349. The van der Waals surface area contributed by atoms with Gasteiger partial charge in [-0.15, -0.1) is 0 Å². The molecule has 1 aromatic carbocycles. The van der Waals surface area contributed by atoms with Crippen LogP contribution in [-0.4, -0.2) is 25.2 Å². The average Bonchev–Trinajstić information content (AvgIpc) is 2.38. The van der Waals surface area contributed by atoms with Crippen LogP contribution in [0.5, 0.6) is 0 Å². The topological polar surface area (TPSA) is 51.2 Å². The van der Waals surface area contributed by atoms with E-state index in [2.05, 4.69) is 22.9 Å². The van der Waals surface area contributed by atoms with Crippen LogP contribution in [0.3, 0.4) is 0 Å². The van der Waals surface area contributed by atoms with E-state index in [4.69, 9.17) is 0 Å². The Morgan fingerprint density at radius 1 is 1.30 bits per heavy atom. The highest BCUT2D eigenvalue weighted by Crippen LogP contribution is 2.29. The van der Waals surface area contributed by atoms with Crippen LogP contribution in [0.1, 0.15) is 43.0 Å². The molecule has 0 radical (unpaired) electrons. The van der Waals surface area contributed by atoms with Crippen molar-refractivity contribution in [1.29, 1.82) is 0 Å². The fraction of sp³-hybridized carbons (Fsp3) is 0.533. The van der Waals surface area contributed by atoms with Crippen LogP contribution in [0, 0.1) is 5.92 Å². The van der Waals surface area contributed by atoms with Crippen molar-refractivity contribution in [2.75, 3.05) is 5.75 Å². The van der Waals surface area contributed by atoms with Gasteiger partial charge < -0.3 is 0 Å². The maximum absolute atomic E-state index is 12.4. The van der Waals surface area contributed by atoms with Crippen molar-refractivity contribution in [3.63, 3.8) is 0 Å². The van der Waals surface area contributed by atoms with Crippen LogP contribution in [-0.2, 0) is 9.84 Å². The molecular formula is C15H19BrO3S. The highest BCUT2D eigenvalue weighted by molar-refractivity contribution is 9.10. The largest absolute Gasteiger partial charge is 0.293 e. The number of carbonyl (C=O) groups is 1. The predicted octanol–water partition coefficient (Wildman–Crippen LogP) is 3.63. The Labute approximate surface area is 128 Å². The van der Waals surface area contributed by atoms with Gasteiger partial charge in [0.2, 0.25) is 0 Å². The van der Waals surface area contributed by atoms with E-state index >= 15 is 0 Å². The molecule has 0 bridgehead atoms. The second kappa shape index (κ2) is 6.39. The van der Waals surface area contributed by atoms with E-state index in [9.17, 15) is 13.2 Å². The van der Waals surface area contributed by atoms with E-state index in [1.807, 2.05) is 0 Å². The van der Waals surface area contributed by atoms with Gasteiger partial charge in [0.1, 0.15) is 5.75 Å². The molecule has 2 atom stereocenters. The number of halogens is 1. The third-order valence-corrected chi connectivity index (χ3v) is 6.70. The molecule has 2 unspecified atom stereocenters. The summed E-state index contributed by atoms with van der Waals surface area (Å²) in [7, 11) is -3.35. The van der Waals surface area contributed by atoms with Crippen LogP contribution < -0.4 is 0 Å². The first kappa shape index (κ1) is 15.7. The van der Waals surface area contributed by atoms with E-state index in [0.29, 0.717) is 28.8 Å². The number of hydrogen-bond acceptors (Lipinski definition) is 3. The SMILES string of the molecule is CC1CCCC(S(=O)(=O)CC(=O)c2ccccc2Br)C1. The summed E-state index contributed by atoms with van der Waals surface area (Å²) in [5.41, 5.74) is 0.444. The van der Waals surface area contributed by atoms with Crippen molar-refractivity contribution in [1.82, 2.24) is 0 Å². The first-order valence-electron chi connectivity index (χ1n) is 6.89. The monoisotopic (exact) mass is 358 g/mol. The van der Waals surface area contributed by atoms with E-state index in [0.717, 1.165) is 12.8 Å². The van der Waals surface area contributed by atoms with E-state index < -0.39 is 9.84 Å². The zero-order chi connectivity index (χ0) is 14.8. The minimum absolute atomic E-state index is 0.323. The van der Waals surface area contributed by atoms with Crippen LogP contribution in [0.25, 0.3) is 0 Å². The van der Waals surface area contributed by atoms with Crippen molar-refractivity contribution in [2.45, 2.75) is 37.9 Å². The van der Waals surface area contributed by atoms with Crippen molar-refractivity contribution >= 4 is 31.6 Å². The highest BCUT2D eigenvalue weighted by Gasteiger charge is 2.32. The van der Waals surface area contributed by atoms with Crippen LogP contribution in [0.15, 0.2) is 28.7 Å². The molecule has 1 aliphatic carbocycles. The molecule has 1 aliphatic rings. The summed E-state index contributed by atoms with van der Waals surface area (Å²) in [4.78, 5) is 12.2. The number of rotatable bonds is 4. The molecule has 0 saturated heterocycles. The first-order chi connectivity index (χ1) is 9.40. The number of benzene rings is 1. The highest BCUT2D eigenvalue weighted by atomic mass is 79.9. The minimum atomic E-state index is -3.35. The minimum Gasteiger partial charge on any atom is -0.293 e. The number of ketones is 1. The average molecular weight is 359 g/mol. The number of Topliss-reactive ketones (excluding diaryl/α,β-unsaturated/α-hetero) is 1. The standard InChI is InChI=1S/C15H19BrO3S/c1-11-5-4-6-12(9-11)20(18,19)10-15(17)13-7-2-3-8-14(13)16/h2-3,7-8,11-12H,4-6,9-10H2,1H3. The van der Waals surface area contributed by atoms with Gasteiger partial charge in [-0.05, 0) is 24.8 Å². The lowest BCUT2D eigenvalue weighted by Gasteiger charge is -2.26. The van der Waals surface area contributed by atoms with Gasteiger partial charge in [-0.3, -0.25) is 4.79 Å². The quantitative estimate of drug-likeness (QED) is 0.772. The van der Waals surface area contributed by atoms with Crippen molar-refractivity contribution in [3.05, 3.63) is 34.3 Å². The lowest BCUT2D eigenvalue weighted by atomic mass is 9.91. The summed E-state index contributed by atoms with van der Waals surface area (Å²) in [5.74, 6) is -0.273. The lowest BCUT2D eigenvalue weighted by molar-refractivity contribution is 0.102. The van der Waals surface area contributed by atoms with E-state index in [-0.39, 0.29) is 16.8 Å². The Morgan fingerprint density at radius 3 is 2.65 bits per heavy atom. The Morgan fingerprint density at radius 2 is 2.00 bits per heavy atom. The molecule has 1 saturated carbocycles. The van der Waals surface area contributed by atoms with Crippen molar-refractivity contribution in [2.24, 2.45) is 5.92 Å². The number of hydrogen-bond donors (Lipinski definition) is 0. The molecule has 0 heterocycles. The van der Waals surface area contributed by atoms with Gasteiger partial charge in [0, 0.05) is 10.0 Å². The maximum atomic E-state index is 12.4. The second-order valence-electron chi connectivity index (χ2n) is 5.60. The summed E-state index contributed by atoms with van der Waals surface area (Å²) in [6, 6.07) is 6.96. The Kier molecular flexibility index (Phi) is 5.02. The fourth-order valence-electron chi connectivity index (χ4n) is 2.77. The lowest BCUT2D eigenvalue weighted by Crippen LogP contribution is -2.32. The number of carbonyl (C=O) groups excluding carboxylic acids is 1. The van der Waals surface area contributed by atoms with Gasteiger partial charge in [-0.2, -0.15) is 0 Å². The first-order valence-corrected chi connectivity index (χ1v) is 9.40. The van der Waals surface area contributed by atoms with Gasteiger partial charge in [0.05, 0.1) is 5.25 Å². The van der Waals surface area contributed by atoms with Crippen molar-refractivity contribution < 1.29 is 13.2 Å². The van der Waals surface area contributed by atoms with Crippen molar-refractivity contribution in [3.8, 4) is 0 Å². The molecule has 2 rings (SSSR count). The molecule has 5 heteroatoms. The van der Waals surface area contributed by atoms with Gasteiger partial charge in [0.15, 0.2) is 15.6 Å². The molecule has 0 aliphatic heterocycles. The predicted molar refractivity (Wildman–Crippen MR) is 83.7 cm³/mol. The smallest absolute Gasteiger partial charge is 0.179 e. The van der Waals surface area contributed by atoms with Crippen LogP contribution in [0.2, 0.25) is 0 Å². The molecule has 0 spiro atoms. The maximum Gasteiger partial charge on any atom is 0.179 e. The second-order valence-corrected chi connectivity index (χ2v) is 8.74. The Bertz CT molecular complexity index is 595. The van der Waals surface area contributed by atoms with Crippen LogP contribution >= 0.6 is 15.9 Å². The molecule has 0 aromatic heterocycles. The molecule has 1 aromatic rings. The van der Waals surface area contributed by atoms with Gasteiger partial charge in [0.25, 0.3) is 0 Å². The summed E-state index contributed by atoms with van der Waals surface area (Å²) < 4.78 is 25.4. The summed E-state index contributed by atoms with van der Waals surface area (Å²) in [6.45, 7) is 2.08. The molecule has 1 fully saturated rings. The van der Waals surface area contributed by atoms with E-state index in [1.165, 1.54) is 0 Å². The third-order valence-electron chi connectivity index (χ3n) is 3.90. The number of sulfone groups is 1. The zero-order valence-corrected chi connectivity index (χ0v) is 13.9. The normalized spacial score (nSPS) is 23.5. The van der Waals surface area contributed by atoms with Gasteiger partial charge in [-0.1, -0.05) is 53.9 Å². The molecule has 20 heavy (non-hydrogen) atoms. The summed E-state index contributed by atoms with van der Waals surface area (Å²) in [6.07, 6.45) is 3.40. The van der Waals surface area contributed by atoms with Gasteiger partial charge >= 0.3 is 0 Å². The zero-order valence-electron chi connectivity index (χ0n) is 11.5. The van der Waals surface area contributed by atoms with Crippen LogP contribution in [0.4, 0.5) is 0 Å². The Hall–Kier alpha value is -0.680. The third kappa shape index (κ3) is 3.70. The molecule has 0 amide bonds. The van der Waals surface area contributed by atoms with E-state index in [1.54, 1.807) is 24.3 Å².